The van der Waals surface area contributed by atoms with Crippen molar-refractivity contribution in [2.75, 3.05) is 90.4 Å². The molecule has 2 amide bonds. The molecule has 2 aliphatic rings. The topological polar surface area (TPSA) is 214 Å². The number of methoxy groups -OCH3 is 1. The maximum atomic E-state index is 12.9. The molecule has 7 N–H and O–H groups in total. The number of anilines is 2. The summed E-state index contributed by atoms with van der Waals surface area (Å²) in [7, 11) is 1.70. The van der Waals surface area contributed by atoms with E-state index < -0.39 is 5.97 Å². The van der Waals surface area contributed by atoms with Crippen LogP contribution in [0.25, 0.3) is 11.0 Å². The Balaban J connectivity index is 0.958. The second-order valence-electron chi connectivity index (χ2n) is 13.8. The molecular formula is C38H57N11O7. The number of nitrogen functional groups attached to an aromatic ring is 1. The van der Waals surface area contributed by atoms with Gasteiger partial charge in [0.05, 0.1) is 77.2 Å². The number of aliphatic carboxylic acids is 1. The first-order chi connectivity index (χ1) is 27.2. The average Bonchev–Trinajstić information content (AvgIpc) is 3.83. The van der Waals surface area contributed by atoms with E-state index in [0.717, 1.165) is 84.9 Å². The average molecular weight is 780 g/mol. The lowest BCUT2D eigenvalue weighted by Crippen LogP contribution is -2.48. The number of carboxylic acid groups (broad SMARTS) is 1. The number of ether oxygens (including phenoxy) is 3. The Morgan fingerprint density at radius 2 is 1.77 bits per heavy atom. The molecule has 0 radical (unpaired) electrons. The summed E-state index contributed by atoms with van der Waals surface area (Å²) in [6.45, 7) is 9.69. The molecule has 5 rings (SSSR count). The molecule has 2 aromatic heterocycles. The van der Waals surface area contributed by atoms with Crippen LogP contribution < -0.4 is 32.1 Å². The summed E-state index contributed by atoms with van der Waals surface area (Å²) in [5.41, 5.74) is 16.6. The number of nitrogens with zero attached hydrogens (tertiary/aromatic N) is 6. The quantitative estimate of drug-likeness (QED) is 0.0717. The van der Waals surface area contributed by atoms with Gasteiger partial charge in [-0.2, -0.15) is 4.98 Å². The minimum absolute atomic E-state index is 0.0584. The zero-order valence-corrected chi connectivity index (χ0v) is 32.6. The van der Waals surface area contributed by atoms with Crippen molar-refractivity contribution in [3.05, 3.63) is 53.5 Å². The fourth-order valence-corrected chi connectivity index (χ4v) is 6.49. The first-order valence-electron chi connectivity index (χ1n) is 19.4. The minimum atomic E-state index is -1.00. The second kappa shape index (κ2) is 21.8. The Morgan fingerprint density at radius 3 is 2.54 bits per heavy atom. The zero-order valence-electron chi connectivity index (χ0n) is 32.6. The minimum Gasteiger partial charge on any atom is -0.496 e. The standard InChI is InChI=1S/C38H57N11O7/c1-3-4-5-12-40-37-36-31(42-38(39)43-37)10-13-48(36)26-29-7-6-28(23-32(29)54-2)25-46-14-16-47(17-15-46)34(51)11-19-55-21-22-56-20-18-49-27-30(44-45-49)24-41-33(50)8-9-35(52)53/h6-7,10,13,23,27,44-45H,3-5,8-9,11-12,14-22,24-26H2,1-2H3,(H,41,50)(H,52,53)(H3,39,40,42,43). The molecule has 3 aromatic rings. The number of carbonyl (C=O) groups excluding carboxylic acids is 2. The van der Waals surface area contributed by atoms with Crippen LogP contribution in [0.5, 0.6) is 5.75 Å². The monoisotopic (exact) mass is 779 g/mol. The third kappa shape index (κ3) is 13.0. The maximum absolute atomic E-state index is 12.9. The van der Waals surface area contributed by atoms with E-state index in [4.69, 9.17) is 25.1 Å². The van der Waals surface area contributed by atoms with Crippen molar-refractivity contribution >= 4 is 40.6 Å². The molecule has 4 heterocycles. The van der Waals surface area contributed by atoms with Gasteiger partial charge >= 0.3 is 5.97 Å². The fraction of sp³-hybridized carbons (Fsp3) is 0.553. The molecule has 0 bridgehead atoms. The van der Waals surface area contributed by atoms with Crippen molar-refractivity contribution in [3.8, 4) is 5.75 Å². The second-order valence-corrected chi connectivity index (χ2v) is 13.8. The molecule has 0 saturated carbocycles. The number of rotatable bonds is 24. The Kier molecular flexibility index (Phi) is 16.3. The summed E-state index contributed by atoms with van der Waals surface area (Å²) in [5.74, 6) is 0.588. The SMILES string of the molecule is CCCCCNc1nc(N)nc2ccn(Cc3ccc(CN4CCN(C(=O)CCOCCOCCN5C=C(CNC(=O)CCC(=O)O)NN5)CC4)cc3OC)c12. The Labute approximate surface area is 327 Å². The van der Waals surface area contributed by atoms with E-state index in [1.54, 1.807) is 12.1 Å². The number of carbonyl (C=O) groups is 3. The molecule has 2 aliphatic heterocycles. The van der Waals surface area contributed by atoms with Gasteiger partial charge in [0, 0.05) is 63.6 Å². The van der Waals surface area contributed by atoms with Gasteiger partial charge in [0.1, 0.15) is 11.3 Å². The molecular weight excluding hydrogens is 722 g/mol. The number of hydrogen-bond acceptors (Lipinski definition) is 14. The number of aromatic nitrogens is 3. The van der Waals surface area contributed by atoms with Gasteiger partial charge in [0.15, 0.2) is 5.82 Å². The number of hydrogen-bond donors (Lipinski definition) is 6. The summed E-state index contributed by atoms with van der Waals surface area (Å²) in [6, 6.07) is 8.33. The highest BCUT2D eigenvalue weighted by atomic mass is 16.5. The molecule has 1 saturated heterocycles. The molecule has 56 heavy (non-hydrogen) atoms. The lowest BCUT2D eigenvalue weighted by molar-refractivity contribution is -0.138. The van der Waals surface area contributed by atoms with Crippen molar-refractivity contribution < 1.29 is 33.7 Å². The number of amides is 2. The van der Waals surface area contributed by atoms with Crippen LogP contribution in [0, 0.1) is 0 Å². The number of nitrogens with one attached hydrogen (secondary N) is 4. The smallest absolute Gasteiger partial charge is 0.303 e. The van der Waals surface area contributed by atoms with Crippen LogP contribution in [-0.4, -0.2) is 132 Å². The van der Waals surface area contributed by atoms with Crippen LogP contribution >= 0.6 is 0 Å². The van der Waals surface area contributed by atoms with E-state index in [1.165, 1.54) is 0 Å². The van der Waals surface area contributed by atoms with Gasteiger partial charge in [-0.1, -0.05) is 31.9 Å². The van der Waals surface area contributed by atoms with Crippen LogP contribution in [0.15, 0.2) is 42.4 Å². The van der Waals surface area contributed by atoms with E-state index in [0.29, 0.717) is 59.0 Å². The predicted octanol–water partition coefficient (Wildman–Crippen LogP) is 1.89. The van der Waals surface area contributed by atoms with E-state index in [9.17, 15) is 14.4 Å². The fourth-order valence-electron chi connectivity index (χ4n) is 6.49. The summed E-state index contributed by atoms with van der Waals surface area (Å²) < 4.78 is 19.3. The summed E-state index contributed by atoms with van der Waals surface area (Å²) in [6.07, 6.45) is 7.24. The van der Waals surface area contributed by atoms with Gasteiger partial charge in [-0.05, 0) is 24.1 Å². The van der Waals surface area contributed by atoms with Crippen molar-refractivity contribution in [2.45, 2.75) is 58.5 Å². The molecule has 18 nitrogen and oxygen atoms in total. The Morgan fingerprint density at radius 1 is 0.964 bits per heavy atom. The Hall–Kier alpha value is -5.17. The number of unbranched alkanes of at least 4 members (excludes halogenated alkanes) is 2. The van der Waals surface area contributed by atoms with Crippen molar-refractivity contribution in [1.82, 2.24) is 45.6 Å². The number of nitrogens with two attached hydrogens (primary N) is 1. The van der Waals surface area contributed by atoms with Gasteiger partial charge in [0.2, 0.25) is 17.8 Å². The van der Waals surface area contributed by atoms with E-state index in [1.807, 2.05) is 23.4 Å². The molecule has 306 valence electrons. The number of fused-ring (bicyclic) bond motifs is 1. The predicted molar refractivity (Wildman–Crippen MR) is 211 cm³/mol. The summed E-state index contributed by atoms with van der Waals surface area (Å²) in [4.78, 5) is 48.3. The van der Waals surface area contributed by atoms with Gasteiger partial charge in [-0.15, -0.1) is 5.53 Å². The first-order valence-corrected chi connectivity index (χ1v) is 19.4. The van der Waals surface area contributed by atoms with Crippen LogP contribution in [0.2, 0.25) is 0 Å². The maximum Gasteiger partial charge on any atom is 0.303 e. The molecule has 18 heteroatoms. The van der Waals surface area contributed by atoms with Crippen molar-refractivity contribution in [2.24, 2.45) is 0 Å². The van der Waals surface area contributed by atoms with Gasteiger partial charge in [0.25, 0.3) is 0 Å². The van der Waals surface area contributed by atoms with Gasteiger partial charge in [-0.25, -0.2) is 4.98 Å². The van der Waals surface area contributed by atoms with Gasteiger partial charge < -0.3 is 50.6 Å². The van der Waals surface area contributed by atoms with Crippen molar-refractivity contribution in [3.63, 3.8) is 0 Å². The third-order valence-electron chi connectivity index (χ3n) is 9.55. The number of hydrazine groups is 2. The molecule has 0 aliphatic carbocycles. The lowest BCUT2D eigenvalue weighted by atomic mass is 10.1. The summed E-state index contributed by atoms with van der Waals surface area (Å²) in [5, 5.41) is 16.6. The van der Waals surface area contributed by atoms with Crippen LogP contribution in [0.4, 0.5) is 11.8 Å². The van der Waals surface area contributed by atoms with Gasteiger partial charge in [-0.3, -0.25) is 24.3 Å². The largest absolute Gasteiger partial charge is 0.496 e. The first kappa shape index (κ1) is 42.0. The van der Waals surface area contributed by atoms with E-state index >= 15 is 0 Å². The molecule has 1 aromatic carbocycles. The summed E-state index contributed by atoms with van der Waals surface area (Å²) >= 11 is 0. The third-order valence-corrected chi connectivity index (χ3v) is 9.55. The highest BCUT2D eigenvalue weighted by Crippen LogP contribution is 2.27. The van der Waals surface area contributed by atoms with Crippen molar-refractivity contribution in [1.29, 1.82) is 0 Å². The molecule has 0 atom stereocenters. The Bertz CT molecular complexity index is 1780. The molecule has 1 fully saturated rings. The molecule has 0 spiro atoms. The van der Waals surface area contributed by atoms with E-state index in [-0.39, 0.29) is 37.1 Å². The highest BCUT2D eigenvalue weighted by molar-refractivity contribution is 5.87. The number of benzene rings is 1. The number of carboxylic acids is 1. The number of piperazine rings is 1. The zero-order chi connectivity index (χ0) is 39.7. The van der Waals surface area contributed by atoms with Crippen LogP contribution in [-0.2, 0) is 36.9 Å². The lowest BCUT2D eigenvalue weighted by Gasteiger charge is -2.35. The highest BCUT2D eigenvalue weighted by Gasteiger charge is 2.22. The van der Waals surface area contributed by atoms with Crippen LogP contribution in [0.3, 0.4) is 0 Å². The molecule has 0 unspecified atom stereocenters. The normalized spacial score (nSPS) is 14.5. The van der Waals surface area contributed by atoms with Crippen LogP contribution in [0.1, 0.15) is 56.6 Å². The van der Waals surface area contributed by atoms with E-state index in [2.05, 4.69) is 66.2 Å².